The normalized spacial score (nSPS) is 18.8. The Hall–Kier alpha value is -6.00. The summed E-state index contributed by atoms with van der Waals surface area (Å²) in [5.74, 6) is 0. The summed E-state index contributed by atoms with van der Waals surface area (Å²) in [4.78, 5) is 2.60. The Morgan fingerprint density at radius 1 is 0.477 bits per heavy atom. The van der Waals surface area contributed by atoms with Gasteiger partial charge in [0.2, 0.25) is 0 Å². The quantitative estimate of drug-likeness (QED) is 0.179. The van der Waals surface area contributed by atoms with E-state index in [0.29, 0.717) is 0 Å². The molecule has 2 aliphatic carbocycles. The predicted molar refractivity (Wildman–Crippen MR) is 278 cm³/mol. The number of nitrogens with one attached hydrogen (secondary N) is 1. The van der Waals surface area contributed by atoms with E-state index in [9.17, 15) is 0 Å². The molecule has 4 heteroatoms. The molecule has 0 spiro atoms. The number of furan rings is 1. The highest BCUT2D eigenvalue weighted by Crippen LogP contribution is 2.54. The Balaban J connectivity index is 1.15. The number of rotatable bonds is 4. The van der Waals surface area contributed by atoms with Crippen LogP contribution in [0.15, 0.2) is 132 Å². The fourth-order valence-corrected chi connectivity index (χ4v) is 12.5. The molecular weight excluding hydrogens is 787 g/mol. The van der Waals surface area contributed by atoms with Crippen molar-refractivity contribution in [3.63, 3.8) is 0 Å². The lowest BCUT2D eigenvalue weighted by Crippen LogP contribution is -2.45. The van der Waals surface area contributed by atoms with Gasteiger partial charge in [0.1, 0.15) is 11.2 Å². The lowest BCUT2D eigenvalue weighted by atomic mass is 9.55. The molecule has 8 aromatic rings. The summed E-state index contributed by atoms with van der Waals surface area (Å²) in [5, 5.41) is 6.45. The molecule has 7 aromatic carbocycles. The van der Waals surface area contributed by atoms with E-state index in [1.807, 2.05) is 0 Å². The molecule has 1 aromatic heterocycles. The summed E-state index contributed by atoms with van der Waals surface area (Å²) in [6.45, 7) is 24.1. The number of fused-ring (bicyclic) bond motifs is 9. The zero-order valence-corrected chi connectivity index (χ0v) is 40.0. The minimum Gasteiger partial charge on any atom is -0.456 e. The molecule has 2 aliphatic heterocycles. The van der Waals surface area contributed by atoms with Gasteiger partial charge >= 0.3 is 0 Å². The summed E-state index contributed by atoms with van der Waals surface area (Å²) in [6.07, 6.45) is 4.69. The van der Waals surface area contributed by atoms with Crippen molar-refractivity contribution in [1.29, 1.82) is 0 Å². The van der Waals surface area contributed by atoms with Gasteiger partial charge in [0.25, 0.3) is 0 Å². The highest BCUT2D eigenvalue weighted by atomic mass is 16.3. The van der Waals surface area contributed by atoms with Gasteiger partial charge in [-0.1, -0.05) is 147 Å². The third kappa shape index (κ3) is 6.01. The fourth-order valence-electron chi connectivity index (χ4n) is 12.5. The predicted octanol–water partition coefficient (Wildman–Crippen LogP) is 15.2. The molecule has 4 aliphatic rings. The standard InChI is InChI=1S/C61H61BN2O/c1-57(2)25-26-58(3,4)46-31-38(23-24-43(46)57)63-50-35-54-40(41-33-47-48(34-53(41)65-54)60(7,8)28-27-59(47,5)6)32-39(50)42-29-37(36-17-12-11-13-18-36)30-52-55(42)62-49-21-16-20-45-56(49)64(52)51-22-15-14-19-44(51)61(45,9)10/h11-24,29-35,62-63H,25-28H2,1-10H3. The van der Waals surface area contributed by atoms with E-state index in [1.54, 1.807) is 0 Å². The first-order chi connectivity index (χ1) is 30.9. The van der Waals surface area contributed by atoms with Crippen LogP contribution in [-0.4, -0.2) is 7.28 Å². The van der Waals surface area contributed by atoms with Gasteiger partial charge in [-0.25, -0.2) is 0 Å². The van der Waals surface area contributed by atoms with Crippen LogP contribution in [0.1, 0.15) is 128 Å². The molecule has 0 bridgehead atoms. The van der Waals surface area contributed by atoms with Crippen LogP contribution in [0.3, 0.4) is 0 Å². The third-order valence-corrected chi connectivity index (χ3v) is 16.8. The average Bonchev–Trinajstić information content (AvgIpc) is 3.64. The minimum absolute atomic E-state index is 0.0797. The molecule has 1 N–H and O–H groups in total. The summed E-state index contributed by atoms with van der Waals surface area (Å²) < 4.78 is 7.02. The Morgan fingerprint density at radius 2 is 1.09 bits per heavy atom. The molecule has 0 saturated heterocycles. The molecule has 0 unspecified atom stereocenters. The van der Waals surface area contributed by atoms with Crippen molar-refractivity contribution >= 4 is 68.6 Å². The second-order valence-corrected chi connectivity index (χ2v) is 23.2. The van der Waals surface area contributed by atoms with Crippen molar-refractivity contribution in [3.8, 4) is 22.3 Å². The fraction of sp³-hybridized carbons (Fsp3) is 0.311. The van der Waals surface area contributed by atoms with Crippen molar-refractivity contribution in [2.45, 2.75) is 122 Å². The van der Waals surface area contributed by atoms with E-state index in [1.165, 1.54) is 114 Å². The van der Waals surface area contributed by atoms with E-state index >= 15 is 0 Å². The van der Waals surface area contributed by atoms with Crippen LogP contribution < -0.4 is 21.1 Å². The van der Waals surface area contributed by atoms with Crippen LogP contribution in [0.25, 0.3) is 44.2 Å². The second-order valence-electron chi connectivity index (χ2n) is 23.2. The second kappa shape index (κ2) is 13.5. The van der Waals surface area contributed by atoms with Crippen LogP contribution in [0.5, 0.6) is 0 Å². The third-order valence-electron chi connectivity index (χ3n) is 16.8. The van der Waals surface area contributed by atoms with E-state index in [-0.39, 0.29) is 27.1 Å². The first kappa shape index (κ1) is 40.5. The van der Waals surface area contributed by atoms with Gasteiger partial charge in [0.05, 0.1) is 11.4 Å². The van der Waals surface area contributed by atoms with Gasteiger partial charge in [-0.3, -0.25) is 0 Å². The minimum atomic E-state index is -0.137. The highest BCUT2D eigenvalue weighted by molar-refractivity contribution is 6.73. The van der Waals surface area contributed by atoms with Crippen molar-refractivity contribution in [1.82, 2.24) is 0 Å². The molecule has 0 amide bonds. The Kier molecular flexibility index (Phi) is 8.44. The van der Waals surface area contributed by atoms with Gasteiger partial charge in [-0.05, 0) is 151 Å². The molecule has 0 fully saturated rings. The van der Waals surface area contributed by atoms with Crippen LogP contribution in [0.2, 0.25) is 0 Å². The number of hydrogen-bond donors (Lipinski definition) is 1. The Labute approximate surface area is 386 Å². The number of hydrogen-bond acceptors (Lipinski definition) is 3. The zero-order valence-electron chi connectivity index (χ0n) is 40.0. The Morgan fingerprint density at radius 3 is 1.83 bits per heavy atom. The molecular formula is C61H61BN2O. The summed E-state index contributed by atoms with van der Waals surface area (Å²) in [6, 6.07) is 48.8. The maximum absolute atomic E-state index is 7.02. The van der Waals surface area contributed by atoms with Crippen molar-refractivity contribution in [2.24, 2.45) is 0 Å². The molecule has 65 heavy (non-hydrogen) atoms. The van der Waals surface area contributed by atoms with Gasteiger partial charge in [0, 0.05) is 44.9 Å². The van der Waals surface area contributed by atoms with Gasteiger partial charge < -0.3 is 14.6 Å². The van der Waals surface area contributed by atoms with E-state index < -0.39 is 0 Å². The number of para-hydroxylation sites is 2. The molecule has 3 heterocycles. The molecule has 0 saturated carbocycles. The number of nitrogens with zero attached hydrogens (tertiary/aromatic N) is 1. The molecule has 3 nitrogen and oxygen atoms in total. The van der Waals surface area contributed by atoms with Crippen LogP contribution in [-0.2, 0) is 27.1 Å². The lowest BCUT2D eigenvalue weighted by Gasteiger charge is -2.46. The zero-order chi connectivity index (χ0) is 45.0. The smallest absolute Gasteiger partial charge is 0.198 e. The summed E-state index contributed by atoms with van der Waals surface area (Å²) in [7, 11) is 0.833. The first-order valence-corrected chi connectivity index (χ1v) is 24.1. The van der Waals surface area contributed by atoms with Crippen molar-refractivity contribution < 1.29 is 4.42 Å². The average molecular weight is 849 g/mol. The van der Waals surface area contributed by atoms with Gasteiger partial charge in [-0.2, -0.15) is 0 Å². The van der Waals surface area contributed by atoms with Gasteiger partial charge in [0.15, 0.2) is 7.28 Å². The number of benzene rings is 7. The topological polar surface area (TPSA) is 28.4 Å². The van der Waals surface area contributed by atoms with Crippen molar-refractivity contribution in [3.05, 3.63) is 161 Å². The molecule has 324 valence electrons. The molecule has 0 radical (unpaired) electrons. The monoisotopic (exact) mass is 848 g/mol. The maximum atomic E-state index is 7.02. The SMILES string of the molecule is CC1(C)CCC(C)(C)c2cc(Nc3cc4oc5cc6c(cc5c4cc3-c3cc(-c4ccccc4)cc4c3Bc3cccc5c3N4c3ccccc3C5(C)C)C(C)(C)CCC6(C)C)ccc21. The maximum Gasteiger partial charge on any atom is 0.198 e. The Bertz CT molecular complexity index is 3310. The van der Waals surface area contributed by atoms with Gasteiger partial charge in [-0.15, -0.1) is 0 Å². The van der Waals surface area contributed by atoms with E-state index in [2.05, 4.69) is 207 Å². The van der Waals surface area contributed by atoms with Crippen LogP contribution in [0, 0.1) is 0 Å². The van der Waals surface area contributed by atoms with E-state index in [4.69, 9.17) is 4.42 Å². The van der Waals surface area contributed by atoms with Crippen LogP contribution >= 0.6 is 0 Å². The molecule has 0 atom stereocenters. The first-order valence-electron chi connectivity index (χ1n) is 24.1. The number of anilines is 5. The van der Waals surface area contributed by atoms with Crippen molar-refractivity contribution in [2.75, 3.05) is 10.2 Å². The summed E-state index contributed by atoms with van der Waals surface area (Å²) in [5.41, 5.74) is 24.2. The van der Waals surface area contributed by atoms with Crippen LogP contribution in [0.4, 0.5) is 28.4 Å². The summed E-state index contributed by atoms with van der Waals surface area (Å²) >= 11 is 0. The van der Waals surface area contributed by atoms with E-state index in [0.717, 1.165) is 36.2 Å². The highest BCUT2D eigenvalue weighted by Gasteiger charge is 2.42. The lowest BCUT2D eigenvalue weighted by molar-refractivity contribution is 0.332. The largest absolute Gasteiger partial charge is 0.456 e. The molecule has 12 rings (SSSR count).